The van der Waals surface area contributed by atoms with Crippen LogP contribution < -0.4 is 10.1 Å². The van der Waals surface area contributed by atoms with Gasteiger partial charge in [-0.05, 0) is 25.8 Å². The van der Waals surface area contributed by atoms with Crippen molar-refractivity contribution in [2.45, 2.75) is 38.7 Å². The van der Waals surface area contributed by atoms with Gasteiger partial charge >= 0.3 is 0 Å². The maximum atomic E-state index is 12.1. The Morgan fingerprint density at radius 1 is 1.53 bits per heavy atom. The van der Waals surface area contributed by atoms with Gasteiger partial charge < -0.3 is 15.2 Å². The van der Waals surface area contributed by atoms with Gasteiger partial charge in [-0.1, -0.05) is 12.8 Å². The van der Waals surface area contributed by atoms with Gasteiger partial charge in [-0.3, -0.25) is 4.79 Å². The number of rotatable bonds is 4. The van der Waals surface area contributed by atoms with E-state index in [0.717, 1.165) is 30.6 Å². The van der Waals surface area contributed by atoms with Gasteiger partial charge in [0, 0.05) is 17.3 Å². The van der Waals surface area contributed by atoms with Crippen molar-refractivity contribution in [3.8, 4) is 5.75 Å². The quantitative estimate of drug-likeness (QED) is 0.891. The van der Waals surface area contributed by atoms with Crippen LogP contribution in [0.4, 0.5) is 0 Å². The van der Waals surface area contributed by atoms with Crippen LogP contribution in [-0.4, -0.2) is 30.8 Å². The predicted molar refractivity (Wildman–Crippen MR) is 75.9 cm³/mol. The van der Waals surface area contributed by atoms with Crippen molar-refractivity contribution < 1.29 is 14.6 Å². The summed E-state index contributed by atoms with van der Waals surface area (Å²) in [4.78, 5) is 13.8. The summed E-state index contributed by atoms with van der Waals surface area (Å²) >= 11 is 1.43. The molecule has 0 spiro atoms. The summed E-state index contributed by atoms with van der Waals surface area (Å²) in [6.07, 6.45) is 3.79. The van der Waals surface area contributed by atoms with Crippen LogP contribution in [-0.2, 0) is 0 Å². The molecule has 2 atom stereocenters. The van der Waals surface area contributed by atoms with E-state index in [4.69, 9.17) is 4.74 Å². The van der Waals surface area contributed by atoms with Gasteiger partial charge in [-0.15, -0.1) is 11.3 Å². The van der Waals surface area contributed by atoms with Crippen LogP contribution in [0.2, 0.25) is 0 Å². The van der Waals surface area contributed by atoms with E-state index in [1.165, 1.54) is 11.3 Å². The van der Waals surface area contributed by atoms with Crippen molar-refractivity contribution in [3.05, 3.63) is 15.8 Å². The molecule has 2 N–H and O–H groups in total. The number of nitrogens with one attached hydrogen (secondary N) is 1. The fourth-order valence-corrected chi connectivity index (χ4v) is 3.43. The summed E-state index contributed by atoms with van der Waals surface area (Å²) in [5.74, 6) is 0.710. The van der Waals surface area contributed by atoms with Crippen molar-refractivity contribution in [1.29, 1.82) is 0 Å². The Hall–Kier alpha value is -1.07. The number of hydrogen-bond donors (Lipinski definition) is 2. The molecule has 4 nitrogen and oxygen atoms in total. The Morgan fingerprint density at radius 2 is 2.26 bits per heavy atom. The van der Waals surface area contributed by atoms with Crippen molar-refractivity contribution in [1.82, 2.24) is 5.32 Å². The summed E-state index contributed by atoms with van der Waals surface area (Å²) in [5, 5.41) is 12.8. The van der Waals surface area contributed by atoms with Crippen molar-refractivity contribution >= 4 is 17.2 Å². The molecular weight excluding hydrogens is 262 g/mol. The van der Waals surface area contributed by atoms with Gasteiger partial charge in [0.05, 0.1) is 13.2 Å². The highest BCUT2D eigenvalue weighted by atomic mass is 32.1. The van der Waals surface area contributed by atoms with E-state index in [2.05, 4.69) is 5.32 Å². The minimum absolute atomic E-state index is 0.104. The van der Waals surface area contributed by atoms with E-state index in [1.54, 1.807) is 7.11 Å². The molecule has 5 heteroatoms. The number of carbonyl (C=O) groups is 1. The Morgan fingerprint density at radius 3 is 2.95 bits per heavy atom. The van der Waals surface area contributed by atoms with Crippen LogP contribution in [0.5, 0.6) is 5.75 Å². The normalized spacial score (nSPS) is 23.1. The van der Waals surface area contributed by atoms with Crippen molar-refractivity contribution in [2.75, 3.05) is 13.7 Å². The number of amides is 1. The monoisotopic (exact) mass is 283 g/mol. The van der Waals surface area contributed by atoms with Crippen LogP contribution >= 0.6 is 11.3 Å². The number of ether oxygens (including phenoxy) is 1. The van der Waals surface area contributed by atoms with Gasteiger partial charge in [-0.2, -0.15) is 0 Å². The standard InChI is InChI=1S/C14H21NO3S/c1-9-7-12(18-2)13(19-9)14(17)15-8-10-5-3-4-6-11(10)16/h7,10-11,16H,3-6,8H2,1-2H3,(H,15,17)/t10-,11+/m1/s1. The third-order valence-electron chi connectivity index (χ3n) is 3.64. The zero-order valence-corrected chi connectivity index (χ0v) is 12.3. The van der Waals surface area contributed by atoms with Crippen LogP contribution in [0.3, 0.4) is 0 Å². The van der Waals surface area contributed by atoms with E-state index in [-0.39, 0.29) is 17.9 Å². The molecule has 1 heterocycles. The maximum absolute atomic E-state index is 12.1. The smallest absolute Gasteiger partial charge is 0.265 e. The first-order chi connectivity index (χ1) is 9.11. The average Bonchev–Trinajstić information content (AvgIpc) is 2.79. The second-order valence-electron chi connectivity index (χ2n) is 5.08. The van der Waals surface area contributed by atoms with E-state index in [9.17, 15) is 9.90 Å². The van der Waals surface area contributed by atoms with Crippen LogP contribution in [0.1, 0.15) is 40.2 Å². The largest absolute Gasteiger partial charge is 0.495 e. The first-order valence-corrected chi connectivity index (χ1v) is 7.54. The summed E-state index contributed by atoms with van der Waals surface area (Å²) in [6.45, 7) is 2.49. The number of carbonyl (C=O) groups excluding carboxylic acids is 1. The van der Waals surface area contributed by atoms with E-state index in [0.29, 0.717) is 17.2 Å². The van der Waals surface area contributed by atoms with Gasteiger partial charge in [0.25, 0.3) is 5.91 Å². The molecule has 0 saturated heterocycles. The zero-order chi connectivity index (χ0) is 13.8. The molecule has 2 rings (SSSR count). The molecule has 106 valence electrons. The lowest BCUT2D eigenvalue weighted by Gasteiger charge is -2.27. The molecule has 1 aromatic heterocycles. The molecule has 1 aliphatic carbocycles. The number of thiophene rings is 1. The molecule has 1 aliphatic rings. The molecule has 1 amide bonds. The minimum Gasteiger partial charge on any atom is -0.495 e. The zero-order valence-electron chi connectivity index (χ0n) is 11.4. The SMILES string of the molecule is COc1cc(C)sc1C(=O)NC[C@H]1CCCC[C@@H]1O. The van der Waals surface area contributed by atoms with E-state index in [1.807, 2.05) is 13.0 Å². The average molecular weight is 283 g/mol. The molecule has 1 aromatic rings. The summed E-state index contributed by atoms with van der Waals surface area (Å²) < 4.78 is 5.20. The number of aliphatic hydroxyl groups is 1. The molecular formula is C14H21NO3S. The Labute approximate surface area is 117 Å². The van der Waals surface area contributed by atoms with Crippen LogP contribution in [0, 0.1) is 12.8 Å². The van der Waals surface area contributed by atoms with E-state index >= 15 is 0 Å². The number of aliphatic hydroxyl groups excluding tert-OH is 1. The maximum Gasteiger partial charge on any atom is 0.265 e. The second kappa shape index (κ2) is 6.39. The lowest BCUT2D eigenvalue weighted by atomic mass is 9.86. The summed E-state index contributed by atoms with van der Waals surface area (Å²) in [5.41, 5.74) is 0. The topological polar surface area (TPSA) is 58.6 Å². The van der Waals surface area contributed by atoms with Gasteiger partial charge in [0.15, 0.2) is 0 Å². The third-order valence-corrected chi connectivity index (χ3v) is 4.67. The molecule has 1 saturated carbocycles. The number of hydrogen-bond acceptors (Lipinski definition) is 4. The molecule has 0 bridgehead atoms. The molecule has 1 fully saturated rings. The molecule has 0 aliphatic heterocycles. The molecule has 0 radical (unpaired) electrons. The fraction of sp³-hybridized carbons (Fsp3) is 0.643. The fourth-order valence-electron chi connectivity index (χ4n) is 2.53. The first-order valence-electron chi connectivity index (χ1n) is 6.72. The third kappa shape index (κ3) is 3.48. The second-order valence-corrected chi connectivity index (χ2v) is 6.33. The summed E-state index contributed by atoms with van der Waals surface area (Å²) in [7, 11) is 1.57. The van der Waals surface area contributed by atoms with Crippen LogP contribution in [0.25, 0.3) is 0 Å². The Kier molecular flexibility index (Phi) is 4.82. The number of methoxy groups -OCH3 is 1. The lowest BCUT2D eigenvalue weighted by molar-refractivity contribution is 0.0663. The highest BCUT2D eigenvalue weighted by Gasteiger charge is 2.24. The summed E-state index contributed by atoms with van der Waals surface area (Å²) in [6, 6.07) is 1.87. The first kappa shape index (κ1) is 14.3. The van der Waals surface area contributed by atoms with E-state index < -0.39 is 0 Å². The Bertz CT molecular complexity index is 444. The predicted octanol–water partition coefficient (Wildman–Crippen LogP) is 2.35. The lowest BCUT2D eigenvalue weighted by Crippen LogP contribution is -2.36. The molecule has 0 unspecified atom stereocenters. The number of aryl methyl sites for hydroxylation is 1. The van der Waals surface area contributed by atoms with Gasteiger partial charge in [-0.25, -0.2) is 0 Å². The Balaban J connectivity index is 1.93. The molecule has 0 aromatic carbocycles. The highest BCUT2D eigenvalue weighted by molar-refractivity contribution is 7.14. The minimum atomic E-state index is -0.277. The van der Waals surface area contributed by atoms with Gasteiger partial charge in [0.2, 0.25) is 0 Å². The molecule has 19 heavy (non-hydrogen) atoms. The highest BCUT2D eigenvalue weighted by Crippen LogP contribution is 2.29. The van der Waals surface area contributed by atoms with Gasteiger partial charge in [0.1, 0.15) is 10.6 Å². The van der Waals surface area contributed by atoms with Crippen molar-refractivity contribution in [3.63, 3.8) is 0 Å². The van der Waals surface area contributed by atoms with Crippen LogP contribution in [0.15, 0.2) is 6.07 Å². The van der Waals surface area contributed by atoms with Crippen molar-refractivity contribution in [2.24, 2.45) is 5.92 Å².